The average molecular weight is 532 g/mol. The number of esters is 1. The van der Waals surface area contributed by atoms with E-state index in [2.05, 4.69) is 35.4 Å². The second-order valence-electron chi connectivity index (χ2n) is 8.69. The van der Waals surface area contributed by atoms with Crippen molar-refractivity contribution in [3.05, 3.63) is 44.6 Å². The van der Waals surface area contributed by atoms with Gasteiger partial charge in [0.15, 0.2) is 4.80 Å². The Hall–Kier alpha value is -2.43. The van der Waals surface area contributed by atoms with Crippen LogP contribution in [0.3, 0.4) is 0 Å². The van der Waals surface area contributed by atoms with Gasteiger partial charge in [-0.2, -0.15) is 4.99 Å². The highest BCUT2D eigenvalue weighted by molar-refractivity contribution is 8.00. The molecule has 2 amide bonds. The predicted molar refractivity (Wildman–Crippen MR) is 144 cm³/mol. The third-order valence-corrected chi connectivity index (χ3v) is 9.12. The van der Waals surface area contributed by atoms with Crippen molar-refractivity contribution in [1.29, 1.82) is 0 Å². The molecular formula is C25H29N3O4S3. The summed E-state index contributed by atoms with van der Waals surface area (Å²) in [4.78, 5) is 43.7. The number of ether oxygens (including phenoxy) is 1. The summed E-state index contributed by atoms with van der Waals surface area (Å²) in [5.41, 5.74) is 3.71. The van der Waals surface area contributed by atoms with E-state index >= 15 is 0 Å². The molecule has 2 heterocycles. The van der Waals surface area contributed by atoms with Crippen LogP contribution in [0, 0.1) is 12.8 Å². The minimum Gasteiger partial charge on any atom is -0.465 e. The molecule has 1 unspecified atom stereocenters. The van der Waals surface area contributed by atoms with E-state index in [0.717, 1.165) is 52.0 Å². The predicted octanol–water partition coefficient (Wildman–Crippen LogP) is 4.80. The summed E-state index contributed by atoms with van der Waals surface area (Å²) in [6.45, 7) is 6.98. The lowest BCUT2D eigenvalue weighted by Gasteiger charge is -2.18. The van der Waals surface area contributed by atoms with Gasteiger partial charge in [0, 0.05) is 11.4 Å². The van der Waals surface area contributed by atoms with Crippen molar-refractivity contribution in [2.24, 2.45) is 10.9 Å². The number of aromatic nitrogens is 1. The summed E-state index contributed by atoms with van der Waals surface area (Å²) in [7, 11) is 1.36. The molecular weight excluding hydrogens is 502 g/mol. The first kappa shape index (κ1) is 25.7. The maximum atomic E-state index is 12.6. The summed E-state index contributed by atoms with van der Waals surface area (Å²) >= 11 is 4.17. The topological polar surface area (TPSA) is 89.8 Å². The fraction of sp³-hybridized carbons (Fsp3) is 0.440. The minimum atomic E-state index is -0.420. The molecule has 7 nitrogen and oxygen atoms in total. The zero-order valence-electron chi connectivity index (χ0n) is 20.3. The monoisotopic (exact) mass is 531 g/mol. The van der Waals surface area contributed by atoms with Crippen LogP contribution in [0.1, 0.15) is 46.6 Å². The van der Waals surface area contributed by atoms with E-state index in [1.54, 1.807) is 0 Å². The lowest BCUT2D eigenvalue weighted by Crippen LogP contribution is -2.19. The highest BCUT2D eigenvalue weighted by atomic mass is 32.2. The van der Waals surface area contributed by atoms with Crippen LogP contribution in [0.4, 0.5) is 5.00 Å². The van der Waals surface area contributed by atoms with Gasteiger partial charge in [-0.15, -0.1) is 23.1 Å². The van der Waals surface area contributed by atoms with E-state index in [0.29, 0.717) is 21.3 Å². The summed E-state index contributed by atoms with van der Waals surface area (Å²) in [5.74, 6) is -0.189. The van der Waals surface area contributed by atoms with Crippen LogP contribution in [0.25, 0.3) is 10.2 Å². The number of hydrogen-bond donors (Lipinski definition) is 1. The van der Waals surface area contributed by atoms with E-state index < -0.39 is 5.97 Å². The summed E-state index contributed by atoms with van der Waals surface area (Å²) in [5, 5.41) is 3.42. The van der Waals surface area contributed by atoms with Gasteiger partial charge >= 0.3 is 5.97 Å². The van der Waals surface area contributed by atoms with Crippen LogP contribution in [0.2, 0.25) is 0 Å². The molecule has 1 N–H and O–H groups in total. The number of hydrogen-bond acceptors (Lipinski definition) is 7. The molecule has 1 atom stereocenters. The van der Waals surface area contributed by atoms with Gasteiger partial charge in [0.1, 0.15) is 5.00 Å². The van der Waals surface area contributed by atoms with Crippen molar-refractivity contribution in [3.63, 3.8) is 0 Å². The van der Waals surface area contributed by atoms with Crippen LogP contribution in [0.5, 0.6) is 0 Å². The zero-order valence-corrected chi connectivity index (χ0v) is 22.8. The molecule has 35 heavy (non-hydrogen) atoms. The number of benzene rings is 1. The SMILES string of the molecule is CCn1c(=NC(=O)CSCC(=O)Nc2sc3c(c2C(=O)OC)CCC(C)C3)sc2cc(C)ccc21. The standard InChI is InChI=1S/C25H29N3O4S3/c1-5-28-17-9-7-15(3)11-19(17)35-25(28)27-21(30)13-33-12-20(29)26-23-22(24(31)32-4)16-8-6-14(2)10-18(16)34-23/h7,9,11,14H,5-6,8,10,12-13H2,1-4H3,(H,26,29). The van der Waals surface area contributed by atoms with Gasteiger partial charge in [-0.25, -0.2) is 4.79 Å². The maximum absolute atomic E-state index is 12.6. The van der Waals surface area contributed by atoms with Crippen LogP contribution in [0.15, 0.2) is 23.2 Å². The molecule has 0 radical (unpaired) electrons. The molecule has 0 spiro atoms. The molecule has 1 aliphatic carbocycles. The second-order valence-corrected chi connectivity index (χ2v) is 11.8. The highest BCUT2D eigenvalue weighted by Gasteiger charge is 2.28. The zero-order chi connectivity index (χ0) is 25.1. The van der Waals surface area contributed by atoms with Crippen molar-refractivity contribution in [3.8, 4) is 0 Å². The molecule has 4 rings (SSSR count). The number of carbonyl (C=O) groups excluding carboxylic acids is 3. The number of aryl methyl sites for hydroxylation is 2. The number of thioether (sulfide) groups is 1. The smallest absolute Gasteiger partial charge is 0.341 e. The third kappa shape index (κ3) is 5.70. The molecule has 2 aromatic heterocycles. The number of amides is 2. The Morgan fingerprint density at radius 2 is 2.06 bits per heavy atom. The van der Waals surface area contributed by atoms with Crippen LogP contribution in [-0.2, 0) is 33.7 Å². The van der Waals surface area contributed by atoms with Gasteiger partial charge in [-0.1, -0.05) is 24.3 Å². The van der Waals surface area contributed by atoms with Gasteiger partial charge in [0.2, 0.25) is 5.91 Å². The number of rotatable bonds is 7. The third-order valence-electron chi connectivity index (χ3n) is 5.99. The quantitative estimate of drug-likeness (QED) is 0.442. The molecule has 0 aliphatic heterocycles. The van der Waals surface area contributed by atoms with Gasteiger partial charge in [-0.05, 0) is 62.3 Å². The first-order valence-corrected chi connectivity index (χ1v) is 14.4. The number of fused-ring (bicyclic) bond motifs is 2. The van der Waals surface area contributed by atoms with E-state index in [1.807, 2.05) is 18.4 Å². The molecule has 1 aromatic carbocycles. The summed E-state index contributed by atoms with van der Waals surface area (Å²) in [6, 6.07) is 6.21. The first-order valence-electron chi connectivity index (χ1n) is 11.6. The van der Waals surface area contributed by atoms with Gasteiger partial charge in [0.05, 0.1) is 34.4 Å². The van der Waals surface area contributed by atoms with Crippen molar-refractivity contribution < 1.29 is 19.1 Å². The molecule has 10 heteroatoms. The highest BCUT2D eigenvalue weighted by Crippen LogP contribution is 2.40. The van der Waals surface area contributed by atoms with E-state index in [4.69, 9.17) is 4.74 Å². The van der Waals surface area contributed by atoms with Crippen molar-refractivity contribution in [2.45, 2.75) is 46.6 Å². The van der Waals surface area contributed by atoms with Gasteiger partial charge in [-0.3, -0.25) is 9.59 Å². The van der Waals surface area contributed by atoms with Crippen molar-refractivity contribution in [2.75, 3.05) is 23.9 Å². The van der Waals surface area contributed by atoms with Crippen LogP contribution < -0.4 is 10.1 Å². The van der Waals surface area contributed by atoms with E-state index in [9.17, 15) is 14.4 Å². The Morgan fingerprint density at radius 3 is 2.80 bits per heavy atom. The van der Waals surface area contributed by atoms with Crippen LogP contribution in [-0.4, -0.2) is 41.0 Å². The Kier molecular flexibility index (Phi) is 8.13. The lowest BCUT2D eigenvalue weighted by atomic mass is 9.88. The maximum Gasteiger partial charge on any atom is 0.341 e. The Labute approximate surface area is 216 Å². The number of thiophene rings is 1. The Balaban J connectivity index is 1.40. The molecule has 0 saturated carbocycles. The molecule has 186 valence electrons. The summed E-state index contributed by atoms with van der Waals surface area (Å²) in [6.07, 6.45) is 2.73. The van der Waals surface area contributed by atoms with Gasteiger partial charge < -0.3 is 14.6 Å². The fourth-order valence-electron chi connectivity index (χ4n) is 4.26. The number of methoxy groups -OCH3 is 1. The van der Waals surface area contributed by atoms with E-state index in [1.165, 1.54) is 41.5 Å². The molecule has 0 saturated heterocycles. The lowest BCUT2D eigenvalue weighted by molar-refractivity contribution is -0.115. The number of anilines is 1. The second kappa shape index (κ2) is 11.1. The average Bonchev–Trinajstić information content (AvgIpc) is 3.34. The number of nitrogens with zero attached hydrogens (tertiary/aromatic N) is 2. The summed E-state index contributed by atoms with van der Waals surface area (Å²) < 4.78 is 8.11. The van der Waals surface area contributed by atoms with Crippen molar-refractivity contribution in [1.82, 2.24) is 4.57 Å². The Morgan fingerprint density at radius 1 is 1.26 bits per heavy atom. The van der Waals surface area contributed by atoms with Crippen LogP contribution >= 0.6 is 34.4 Å². The number of nitrogens with one attached hydrogen (secondary N) is 1. The molecule has 0 bridgehead atoms. The Bertz CT molecular complexity index is 1350. The number of thiazole rings is 1. The largest absolute Gasteiger partial charge is 0.465 e. The molecule has 0 fully saturated rings. The normalized spacial score (nSPS) is 15.8. The van der Waals surface area contributed by atoms with Gasteiger partial charge in [0.25, 0.3) is 5.91 Å². The minimum absolute atomic E-state index is 0.0975. The first-order chi connectivity index (χ1) is 16.8. The van der Waals surface area contributed by atoms with Crippen molar-refractivity contribution >= 4 is 67.4 Å². The fourth-order valence-corrected chi connectivity index (χ4v) is 7.48. The van der Waals surface area contributed by atoms with E-state index in [-0.39, 0.29) is 23.3 Å². The molecule has 1 aliphatic rings. The molecule has 3 aromatic rings. The number of carbonyl (C=O) groups is 3.